The van der Waals surface area contributed by atoms with Crippen LogP contribution in [0.15, 0.2) is 24.3 Å². The van der Waals surface area contributed by atoms with E-state index in [1.54, 1.807) is 0 Å². The number of hydrogen-bond donors (Lipinski definition) is 1. The van der Waals surface area contributed by atoms with Crippen LogP contribution in [-0.2, 0) is 9.59 Å². The van der Waals surface area contributed by atoms with E-state index in [0.717, 1.165) is 0 Å². The highest BCUT2D eigenvalue weighted by Gasteiger charge is 2.21. The van der Waals surface area contributed by atoms with Crippen LogP contribution >= 0.6 is 0 Å². The summed E-state index contributed by atoms with van der Waals surface area (Å²) in [5, 5.41) is 10.4. The molecule has 1 atom stereocenters. The molecule has 0 saturated heterocycles. The maximum atomic E-state index is 11.3. The van der Waals surface area contributed by atoms with Crippen LogP contribution in [0.2, 0.25) is 0 Å². The van der Waals surface area contributed by atoms with Crippen molar-refractivity contribution in [2.45, 2.75) is 6.92 Å². The van der Waals surface area contributed by atoms with Crippen LogP contribution in [0.4, 0.5) is 5.69 Å². The molecule has 0 radical (unpaired) electrons. The van der Waals surface area contributed by atoms with E-state index in [1.807, 2.05) is 0 Å². The van der Waals surface area contributed by atoms with Crippen molar-refractivity contribution in [2.24, 2.45) is 11.7 Å². The Balaban J connectivity index is 2.73. The first kappa shape index (κ1) is 12.6. The first-order valence-corrected chi connectivity index (χ1v) is 4.67. The molecule has 7 nitrogen and oxygen atoms in total. The number of non-ortho nitro benzene ring substituents is 1. The molecule has 0 saturated carbocycles. The number of carbonyl (C=O) groups excluding carboxylic acids is 2. The van der Waals surface area contributed by atoms with E-state index in [1.165, 1.54) is 31.2 Å². The van der Waals surface area contributed by atoms with Gasteiger partial charge in [-0.05, 0) is 19.1 Å². The maximum absolute atomic E-state index is 11.3. The standard InChI is InChI=1S/C10H10N2O5/c1-6(9(11)13)10(14)17-8-4-2-7(3-5-8)12(15)16/h2-6H,1H3,(H2,11,13). The molecule has 0 heterocycles. The van der Waals surface area contributed by atoms with Crippen molar-refractivity contribution in [3.05, 3.63) is 34.4 Å². The molecular formula is C10H10N2O5. The third-order valence-corrected chi connectivity index (χ3v) is 2.05. The molecule has 0 aliphatic heterocycles. The molecule has 90 valence electrons. The number of rotatable bonds is 4. The van der Waals surface area contributed by atoms with Crippen LogP contribution in [-0.4, -0.2) is 16.8 Å². The van der Waals surface area contributed by atoms with Crippen LogP contribution in [0.1, 0.15) is 6.92 Å². The van der Waals surface area contributed by atoms with Gasteiger partial charge in [0, 0.05) is 12.1 Å². The number of nitro groups is 1. The van der Waals surface area contributed by atoms with Gasteiger partial charge in [-0.15, -0.1) is 0 Å². The number of ether oxygens (including phenoxy) is 1. The summed E-state index contributed by atoms with van der Waals surface area (Å²) in [6, 6.07) is 4.92. The summed E-state index contributed by atoms with van der Waals surface area (Å²) in [6.07, 6.45) is 0. The minimum atomic E-state index is -1.06. The van der Waals surface area contributed by atoms with Gasteiger partial charge in [-0.2, -0.15) is 0 Å². The molecule has 0 bridgehead atoms. The van der Waals surface area contributed by atoms with Crippen molar-refractivity contribution in [3.63, 3.8) is 0 Å². The lowest BCUT2D eigenvalue weighted by Crippen LogP contribution is -2.30. The number of carbonyl (C=O) groups is 2. The highest BCUT2D eigenvalue weighted by molar-refractivity contribution is 5.97. The van der Waals surface area contributed by atoms with Gasteiger partial charge in [0.2, 0.25) is 5.91 Å². The molecule has 2 N–H and O–H groups in total. The van der Waals surface area contributed by atoms with Crippen molar-refractivity contribution in [2.75, 3.05) is 0 Å². The minimum Gasteiger partial charge on any atom is -0.426 e. The van der Waals surface area contributed by atoms with E-state index >= 15 is 0 Å². The summed E-state index contributed by atoms with van der Waals surface area (Å²) in [7, 11) is 0. The van der Waals surface area contributed by atoms with Gasteiger partial charge in [0.25, 0.3) is 5.69 Å². The summed E-state index contributed by atoms with van der Waals surface area (Å²) in [5.74, 6) is -2.54. The Bertz CT molecular complexity index is 454. The average molecular weight is 238 g/mol. The molecule has 1 rings (SSSR count). The molecule has 17 heavy (non-hydrogen) atoms. The molecule has 0 aromatic heterocycles. The molecular weight excluding hydrogens is 228 g/mol. The van der Waals surface area contributed by atoms with Crippen molar-refractivity contribution in [1.29, 1.82) is 0 Å². The Morgan fingerprint density at radius 3 is 2.29 bits per heavy atom. The Labute approximate surface area is 96.3 Å². The third-order valence-electron chi connectivity index (χ3n) is 2.05. The first-order chi connectivity index (χ1) is 7.91. The van der Waals surface area contributed by atoms with Crippen molar-refractivity contribution in [1.82, 2.24) is 0 Å². The van der Waals surface area contributed by atoms with Crippen LogP contribution in [0.3, 0.4) is 0 Å². The molecule has 1 unspecified atom stereocenters. The Kier molecular flexibility index (Phi) is 3.76. The van der Waals surface area contributed by atoms with E-state index in [0.29, 0.717) is 0 Å². The number of amides is 1. The molecule has 0 fully saturated rings. The normalized spacial score (nSPS) is 11.6. The molecule has 0 aliphatic carbocycles. The first-order valence-electron chi connectivity index (χ1n) is 4.67. The number of primary amides is 1. The zero-order chi connectivity index (χ0) is 13.0. The second kappa shape index (κ2) is 5.06. The van der Waals surface area contributed by atoms with Gasteiger partial charge in [-0.1, -0.05) is 0 Å². The lowest BCUT2D eigenvalue weighted by Gasteiger charge is -2.07. The number of nitro benzene ring substituents is 1. The summed E-state index contributed by atoms with van der Waals surface area (Å²) < 4.78 is 4.81. The fourth-order valence-corrected chi connectivity index (χ4v) is 0.957. The Morgan fingerprint density at radius 1 is 1.35 bits per heavy atom. The zero-order valence-corrected chi connectivity index (χ0v) is 8.95. The smallest absolute Gasteiger partial charge is 0.323 e. The van der Waals surface area contributed by atoms with E-state index in [2.05, 4.69) is 0 Å². The monoisotopic (exact) mass is 238 g/mol. The summed E-state index contributed by atoms with van der Waals surface area (Å²) in [4.78, 5) is 31.8. The average Bonchev–Trinajstić information content (AvgIpc) is 2.28. The topological polar surface area (TPSA) is 113 Å². The number of esters is 1. The summed E-state index contributed by atoms with van der Waals surface area (Å²) in [6.45, 7) is 1.32. The van der Waals surface area contributed by atoms with Gasteiger partial charge < -0.3 is 10.5 Å². The number of benzene rings is 1. The molecule has 0 spiro atoms. The zero-order valence-electron chi connectivity index (χ0n) is 8.95. The van der Waals surface area contributed by atoms with Crippen LogP contribution in [0.25, 0.3) is 0 Å². The van der Waals surface area contributed by atoms with Crippen molar-refractivity contribution < 1.29 is 19.2 Å². The van der Waals surface area contributed by atoms with Crippen LogP contribution in [0, 0.1) is 16.0 Å². The predicted molar refractivity (Wildman–Crippen MR) is 57.1 cm³/mol. The Hall–Kier alpha value is -2.44. The van der Waals surface area contributed by atoms with Crippen LogP contribution < -0.4 is 10.5 Å². The minimum absolute atomic E-state index is 0.118. The lowest BCUT2D eigenvalue weighted by molar-refractivity contribution is -0.384. The lowest BCUT2D eigenvalue weighted by atomic mass is 10.2. The van der Waals surface area contributed by atoms with Crippen molar-refractivity contribution in [3.8, 4) is 5.75 Å². The van der Waals surface area contributed by atoms with Gasteiger partial charge in [-0.3, -0.25) is 19.7 Å². The third kappa shape index (κ3) is 3.26. The second-order valence-electron chi connectivity index (χ2n) is 3.30. The van der Waals surface area contributed by atoms with Gasteiger partial charge in [0.1, 0.15) is 11.7 Å². The van der Waals surface area contributed by atoms with E-state index in [4.69, 9.17) is 10.5 Å². The van der Waals surface area contributed by atoms with Gasteiger partial charge in [-0.25, -0.2) is 0 Å². The molecule has 7 heteroatoms. The quantitative estimate of drug-likeness (QED) is 0.271. The summed E-state index contributed by atoms with van der Waals surface area (Å²) >= 11 is 0. The number of nitrogens with zero attached hydrogens (tertiary/aromatic N) is 1. The fraction of sp³-hybridized carbons (Fsp3) is 0.200. The van der Waals surface area contributed by atoms with Gasteiger partial charge in [0.05, 0.1) is 4.92 Å². The highest BCUT2D eigenvalue weighted by Crippen LogP contribution is 2.18. The van der Waals surface area contributed by atoms with Gasteiger partial charge >= 0.3 is 5.97 Å². The second-order valence-corrected chi connectivity index (χ2v) is 3.30. The maximum Gasteiger partial charge on any atom is 0.323 e. The van der Waals surface area contributed by atoms with E-state index < -0.39 is 22.7 Å². The van der Waals surface area contributed by atoms with E-state index in [9.17, 15) is 19.7 Å². The Morgan fingerprint density at radius 2 is 1.88 bits per heavy atom. The molecule has 0 aliphatic rings. The molecule has 1 aromatic rings. The van der Waals surface area contributed by atoms with E-state index in [-0.39, 0.29) is 11.4 Å². The van der Waals surface area contributed by atoms with Crippen LogP contribution in [0.5, 0.6) is 5.75 Å². The van der Waals surface area contributed by atoms with Gasteiger partial charge in [0.15, 0.2) is 0 Å². The largest absolute Gasteiger partial charge is 0.426 e. The molecule has 1 amide bonds. The molecule has 1 aromatic carbocycles. The SMILES string of the molecule is CC(C(N)=O)C(=O)Oc1ccc([N+](=O)[O-])cc1. The highest BCUT2D eigenvalue weighted by atomic mass is 16.6. The number of nitrogens with two attached hydrogens (primary N) is 1. The number of hydrogen-bond acceptors (Lipinski definition) is 5. The predicted octanol–water partition coefficient (Wildman–Crippen LogP) is 0.622. The van der Waals surface area contributed by atoms with Crippen molar-refractivity contribution >= 4 is 17.6 Å². The summed E-state index contributed by atoms with van der Waals surface area (Å²) in [5.41, 5.74) is 4.81. The fourth-order valence-electron chi connectivity index (χ4n) is 0.957.